The summed E-state index contributed by atoms with van der Waals surface area (Å²) in [5, 5.41) is 25.2. The minimum absolute atomic E-state index is 0.0345. The number of ether oxygens (including phenoxy) is 4. The highest BCUT2D eigenvalue weighted by molar-refractivity contribution is 6.22. The maximum Gasteiger partial charge on any atom is 0.254 e. The van der Waals surface area contributed by atoms with Crippen LogP contribution in [0.2, 0.25) is 0 Å². The van der Waals surface area contributed by atoms with E-state index in [2.05, 4.69) is 112 Å². The molecule has 4 aromatic carbocycles. The number of Topliss-reactive ketones (excluding diaryl/α,β-unsaturated/α-hetero) is 2. The molecule has 10 rings (SSSR count). The quantitative estimate of drug-likeness (QED) is 0.0220. The van der Waals surface area contributed by atoms with Crippen LogP contribution in [0.4, 0.5) is 5.69 Å². The van der Waals surface area contributed by atoms with Gasteiger partial charge in [0.25, 0.3) is 5.91 Å². The SMILES string of the molecule is CC[N+]1=c2cc3c(cc2C(C)CC1(C)C)=C(c1ccccc1C(=O)N(C)CCCC(=O)NCCCOCCOCCOCCOCCC(NCc1ccc(-c2nnc(C)nn2)cc1)=C1C(=O)CC(C)(C)CC1=O)c1cc2c4c(c1C3(C)C)CCCN4CCC2. The largest absolute Gasteiger partial charge is 0.384 e. The van der Waals surface area contributed by atoms with Crippen molar-refractivity contribution in [3.8, 4) is 11.4 Å². The average Bonchev–Trinajstić information content (AvgIpc) is 0.698. The number of nitrogens with zero attached hydrogens (tertiary/aromatic N) is 7. The van der Waals surface area contributed by atoms with E-state index in [1.165, 1.54) is 55.2 Å². The number of allylic oxidation sites excluding steroid dienone is 1. The number of hydrogen-bond acceptors (Lipinski definition) is 14. The van der Waals surface area contributed by atoms with E-state index in [1.54, 1.807) is 11.8 Å². The van der Waals surface area contributed by atoms with Crippen molar-refractivity contribution < 1.29 is 38.1 Å². The topological polar surface area (TPSA) is 190 Å². The molecule has 1 unspecified atom stereocenters. The summed E-state index contributed by atoms with van der Waals surface area (Å²) in [7, 11) is 1.86. The summed E-state index contributed by atoms with van der Waals surface area (Å²) in [6.45, 7) is 27.6. The number of carbonyl (C=O) groups excluding carboxylic acids is 4. The average molecular weight is 1210 g/mol. The first kappa shape index (κ1) is 64.9. The molecular weight excluding hydrogens is 1120 g/mol. The van der Waals surface area contributed by atoms with Crippen molar-refractivity contribution in [1.29, 1.82) is 0 Å². The number of amides is 2. The molecule has 474 valence electrons. The van der Waals surface area contributed by atoms with Crippen LogP contribution >= 0.6 is 0 Å². The first-order valence-corrected chi connectivity index (χ1v) is 32.6. The maximum atomic E-state index is 14.8. The lowest BCUT2D eigenvalue weighted by molar-refractivity contribution is -0.127. The molecule has 17 nitrogen and oxygen atoms in total. The Bertz CT molecular complexity index is 3570. The van der Waals surface area contributed by atoms with Gasteiger partial charge < -0.3 is 39.4 Å². The summed E-state index contributed by atoms with van der Waals surface area (Å²) >= 11 is 0. The van der Waals surface area contributed by atoms with Crippen LogP contribution in [0, 0.1) is 12.3 Å². The lowest BCUT2D eigenvalue weighted by Gasteiger charge is -2.44. The van der Waals surface area contributed by atoms with Gasteiger partial charge in [0.15, 0.2) is 22.9 Å². The molecule has 89 heavy (non-hydrogen) atoms. The van der Waals surface area contributed by atoms with E-state index in [-0.39, 0.29) is 45.3 Å². The first-order valence-electron chi connectivity index (χ1n) is 32.6. The minimum Gasteiger partial charge on any atom is -0.384 e. The lowest BCUT2D eigenvalue weighted by atomic mass is 9.64. The predicted octanol–water partition coefficient (Wildman–Crippen LogP) is 8.44. The second-order valence-corrected chi connectivity index (χ2v) is 26.9. The molecule has 17 heteroatoms. The number of hydrogen-bond donors (Lipinski definition) is 2. The highest BCUT2D eigenvalue weighted by Gasteiger charge is 2.44. The smallest absolute Gasteiger partial charge is 0.254 e. The van der Waals surface area contributed by atoms with E-state index in [1.807, 2.05) is 57.3 Å². The molecule has 1 saturated carbocycles. The Labute approximate surface area is 526 Å². The molecule has 5 aliphatic rings. The van der Waals surface area contributed by atoms with E-state index in [9.17, 15) is 19.2 Å². The van der Waals surface area contributed by atoms with Crippen LogP contribution in [0.1, 0.15) is 180 Å². The van der Waals surface area contributed by atoms with Gasteiger partial charge in [-0.25, -0.2) is 4.58 Å². The Morgan fingerprint density at radius 3 is 2.09 bits per heavy atom. The summed E-state index contributed by atoms with van der Waals surface area (Å²) in [4.78, 5) is 58.8. The standard InChI is InChI=1S/C72H93N9O8/c1-11-81-60-42-58-56(41-55(60)47(2)43-71(81,6)7)64(57-40-51-18-14-30-80-31-15-21-54(67(51)80)66(57)72(58,8)9)52-19-12-13-20-53(52)69(85)79(10)29-16-22-63(84)73-28-17-32-86-34-36-88-38-39-89-37-35-87-33-27-59(65-61(82)44-70(4,5)45-62(65)83)74-46-49-23-25-50(26-24-49)68-77-75-48(3)76-78-68/h12-13,19-20,23-26,40-42,47H,11,14-18,21-22,27-39,43-46H2,1-10H3,(H-,73,74,82,83,84)/p+1. The van der Waals surface area contributed by atoms with Crippen molar-refractivity contribution in [3.63, 3.8) is 0 Å². The summed E-state index contributed by atoms with van der Waals surface area (Å²) in [5.74, 6) is 0.936. The highest BCUT2D eigenvalue weighted by Crippen LogP contribution is 2.49. The third kappa shape index (κ3) is 14.8. The van der Waals surface area contributed by atoms with E-state index < -0.39 is 0 Å². The van der Waals surface area contributed by atoms with Crippen molar-refractivity contribution in [3.05, 3.63) is 144 Å². The van der Waals surface area contributed by atoms with E-state index in [4.69, 9.17) is 18.9 Å². The lowest BCUT2D eigenvalue weighted by Crippen LogP contribution is -2.53. The van der Waals surface area contributed by atoms with Gasteiger partial charge in [0.2, 0.25) is 17.1 Å². The molecule has 2 N–H and O–H groups in total. The van der Waals surface area contributed by atoms with Crippen LogP contribution in [-0.2, 0) is 58.1 Å². The maximum absolute atomic E-state index is 14.8. The Kier molecular flexibility index (Phi) is 20.7. The Hall–Kier alpha value is -7.05. The van der Waals surface area contributed by atoms with E-state index in [0.717, 1.165) is 68.4 Å². The van der Waals surface area contributed by atoms with Crippen molar-refractivity contribution >= 4 is 34.6 Å². The highest BCUT2D eigenvalue weighted by atomic mass is 16.6. The summed E-state index contributed by atoms with van der Waals surface area (Å²) in [5.41, 5.74) is 14.6. The third-order valence-corrected chi connectivity index (χ3v) is 18.7. The van der Waals surface area contributed by atoms with Crippen LogP contribution in [0.15, 0.2) is 78.0 Å². The monoisotopic (exact) mass is 1210 g/mol. The zero-order chi connectivity index (χ0) is 63.0. The number of ketones is 2. The van der Waals surface area contributed by atoms with Gasteiger partial charge in [-0.2, -0.15) is 0 Å². The number of benzene rings is 4. The van der Waals surface area contributed by atoms with E-state index in [0.29, 0.717) is 140 Å². The summed E-state index contributed by atoms with van der Waals surface area (Å²) in [6, 6.07) is 23.4. The zero-order valence-corrected chi connectivity index (χ0v) is 54.5. The van der Waals surface area contributed by atoms with Gasteiger partial charge in [-0.3, -0.25) is 19.2 Å². The normalized spacial score (nSPS) is 17.8. The molecule has 4 heterocycles. The van der Waals surface area contributed by atoms with Crippen molar-refractivity contribution in [2.75, 3.05) is 97.5 Å². The number of aryl methyl sites for hydroxylation is 2. The van der Waals surface area contributed by atoms with Crippen LogP contribution < -0.4 is 30.7 Å². The van der Waals surface area contributed by atoms with Crippen LogP contribution in [0.5, 0.6) is 0 Å². The van der Waals surface area contributed by atoms with Crippen LogP contribution in [-0.4, -0.2) is 147 Å². The van der Waals surface area contributed by atoms with Gasteiger partial charge in [0.05, 0.1) is 51.8 Å². The number of fused-ring (bicyclic) bond motifs is 4. The Morgan fingerprint density at radius 1 is 0.753 bits per heavy atom. The van der Waals surface area contributed by atoms with Crippen molar-refractivity contribution in [2.45, 2.75) is 156 Å². The molecule has 0 bridgehead atoms. The van der Waals surface area contributed by atoms with Crippen molar-refractivity contribution in [2.24, 2.45) is 5.41 Å². The molecule has 2 aliphatic carbocycles. The van der Waals surface area contributed by atoms with Gasteiger partial charge in [-0.05, 0) is 145 Å². The van der Waals surface area contributed by atoms with Gasteiger partial charge in [0.1, 0.15) is 6.54 Å². The molecule has 1 aromatic heterocycles. The van der Waals surface area contributed by atoms with Gasteiger partial charge in [0, 0.05) is 118 Å². The number of anilines is 1. The predicted molar refractivity (Wildman–Crippen MR) is 346 cm³/mol. The third-order valence-electron chi connectivity index (χ3n) is 18.7. The molecule has 0 spiro atoms. The number of nitrogens with one attached hydrogen (secondary N) is 2. The Morgan fingerprint density at radius 2 is 1.40 bits per heavy atom. The molecule has 1 atom stereocenters. The van der Waals surface area contributed by atoms with E-state index >= 15 is 0 Å². The fourth-order valence-corrected chi connectivity index (χ4v) is 14.6. The molecule has 1 fully saturated rings. The molecular formula is C72H94N9O8+. The molecule has 5 aromatic rings. The van der Waals surface area contributed by atoms with Crippen LogP contribution in [0.25, 0.3) is 17.0 Å². The molecule has 2 amide bonds. The van der Waals surface area contributed by atoms with Gasteiger partial charge in [-0.15, -0.1) is 20.4 Å². The minimum atomic E-state index is -0.375. The van der Waals surface area contributed by atoms with Gasteiger partial charge in [-0.1, -0.05) is 77.1 Å². The summed E-state index contributed by atoms with van der Waals surface area (Å²) < 4.78 is 25.7. The second kappa shape index (κ2) is 28.4. The second-order valence-electron chi connectivity index (χ2n) is 26.9. The zero-order valence-electron chi connectivity index (χ0n) is 54.5. The molecule has 0 radical (unpaired) electrons. The van der Waals surface area contributed by atoms with Gasteiger partial charge >= 0.3 is 0 Å². The molecule has 0 saturated heterocycles. The fourth-order valence-electron chi connectivity index (χ4n) is 14.6. The fraction of sp³-hybridized carbons (Fsp3) is 0.542. The number of carbonyl (C=O) groups is 4. The number of aromatic nitrogens is 4. The number of rotatable bonds is 27. The van der Waals surface area contributed by atoms with Crippen molar-refractivity contribution in [1.82, 2.24) is 40.5 Å². The van der Waals surface area contributed by atoms with Crippen LogP contribution in [0.3, 0.4) is 0 Å². The Balaban J connectivity index is 0.645. The molecule has 3 aliphatic heterocycles. The first-order chi connectivity index (χ1) is 42.8. The summed E-state index contributed by atoms with van der Waals surface area (Å²) in [6.07, 6.45) is 8.02.